The van der Waals surface area contributed by atoms with E-state index < -0.39 is 40.1 Å². The van der Waals surface area contributed by atoms with Crippen molar-refractivity contribution in [3.8, 4) is 80.0 Å². The van der Waals surface area contributed by atoms with Crippen LogP contribution in [0.5, 0.6) is 34.5 Å². The van der Waals surface area contributed by atoms with Crippen LogP contribution >= 0.6 is 0 Å². The molecule has 12 heteroatoms. The summed E-state index contributed by atoms with van der Waals surface area (Å²) in [4.78, 5) is 13.9. The minimum absolute atomic E-state index is 0.198. The van der Waals surface area contributed by atoms with E-state index in [0.29, 0.717) is 22.2 Å². The monoisotopic (exact) mass is 825 g/mol. The Balaban J connectivity index is 1.12. The molecule has 0 fully saturated rings. The number of rotatable bonds is 5. The molecule has 12 aromatic rings. The third kappa shape index (κ3) is 5.00. The highest BCUT2D eigenvalue weighted by atomic mass is 16.4. The van der Waals surface area contributed by atoms with Gasteiger partial charge in [-0.1, -0.05) is 121 Å². The van der Waals surface area contributed by atoms with E-state index in [1.165, 1.54) is 0 Å². The van der Waals surface area contributed by atoms with Crippen molar-refractivity contribution in [2.24, 2.45) is 0 Å². The van der Waals surface area contributed by atoms with Crippen LogP contribution in [0.1, 0.15) is 0 Å². The third-order valence-electron chi connectivity index (χ3n) is 11.8. The summed E-state index contributed by atoms with van der Waals surface area (Å²) in [7, 11) is 0. The van der Waals surface area contributed by atoms with E-state index in [2.05, 4.69) is 43.8 Å². The van der Waals surface area contributed by atoms with Gasteiger partial charge in [-0.3, -0.25) is 0 Å². The summed E-state index contributed by atoms with van der Waals surface area (Å²) in [6, 6.07) is 47.7. The molecular weight excluding hydrogens is 795 g/mol. The van der Waals surface area contributed by atoms with Crippen molar-refractivity contribution in [2.45, 2.75) is 0 Å². The Morgan fingerprint density at radius 1 is 0.349 bits per heavy atom. The van der Waals surface area contributed by atoms with Crippen LogP contribution in [0.2, 0.25) is 0 Å². The summed E-state index contributed by atoms with van der Waals surface area (Å²) in [6.45, 7) is 0. The number of aromatic hydroxyl groups is 6. The van der Waals surface area contributed by atoms with Crippen molar-refractivity contribution in [2.75, 3.05) is 0 Å². The molecule has 12 rings (SSSR count). The van der Waals surface area contributed by atoms with Gasteiger partial charge in [-0.25, -0.2) is 15.0 Å². The van der Waals surface area contributed by atoms with Gasteiger partial charge >= 0.3 is 0 Å². The molecule has 4 aromatic heterocycles. The molecule has 12 nitrogen and oxygen atoms in total. The van der Waals surface area contributed by atoms with Crippen molar-refractivity contribution < 1.29 is 35.1 Å². The molecule has 4 heterocycles. The quantitative estimate of drug-likeness (QED) is 0.0721. The molecule has 0 atom stereocenters. The molecule has 0 bridgehead atoms. The largest absolute Gasteiger partial charge is 0.504 e. The number of fused-ring (bicyclic) bond motifs is 9. The molecular formula is C51H31N5O7. The highest BCUT2D eigenvalue weighted by Gasteiger charge is 2.33. The van der Waals surface area contributed by atoms with E-state index in [9.17, 15) is 30.6 Å². The van der Waals surface area contributed by atoms with E-state index in [-0.39, 0.29) is 45.1 Å². The normalized spacial score (nSPS) is 11.9. The van der Waals surface area contributed by atoms with Crippen LogP contribution in [0.3, 0.4) is 0 Å². The fourth-order valence-electron chi connectivity index (χ4n) is 9.08. The Hall–Kier alpha value is -9.03. The Labute approximate surface area is 355 Å². The lowest BCUT2D eigenvalue weighted by Crippen LogP contribution is -2.00. The Morgan fingerprint density at radius 3 is 1.40 bits per heavy atom. The number of hydrogen-bond donors (Lipinski definition) is 6. The molecule has 0 unspecified atom stereocenters. The smallest absolute Gasteiger partial charge is 0.187 e. The second-order valence-corrected chi connectivity index (χ2v) is 15.3. The predicted molar refractivity (Wildman–Crippen MR) is 242 cm³/mol. The third-order valence-corrected chi connectivity index (χ3v) is 11.8. The van der Waals surface area contributed by atoms with Crippen LogP contribution in [0, 0.1) is 0 Å². The van der Waals surface area contributed by atoms with Crippen LogP contribution in [-0.2, 0) is 0 Å². The number of phenolic OH excluding ortho intramolecular Hbond substituents is 6. The van der Waals surface area contributed by atoms with Crippen molar-refractivity contribution in [1.82, 2.24) is 24.1 Å². The summed E-state index contributed by atoms with van der Waals surface area (Å²) in [5, 5.41) is 74.6. The van der Waals surface area contributed by atoms with Crippen molar-refractivity contribution in [1.29, 1.82) is 0 Å². The number of aromatic nitrogens is 5. The van der Waals surface area contributed by atoms with Crippen LogP contribution in [0.15, 0.2) is 156 Å². The van der Waals surface area contributed by atoms with E-state index in [4.69, 9.17) is 4.42 Å². The summed E-state index contributed by atoms with van der Waals surface area (Å²) in [6.07, 6.45) is 0. The van der Waals surface area contributed by atoms with Gasteiger partial charge in [-0.15, -0.1) is 0 Å². The van der Waals surface area contributed by atoms with Crippen LogP contribution in [0.25, 0.3) is 111 Å². The molecule has 0 saturated carbocycles. The number of furan rings is 1. The molecule has 0 radical (unpaired) electrons. The Morgan fingerprint density at radius 2 is 0.810 bits per heavy atom. The average molecular weight is 826 g/mol. The van der Waals surface area contributed by atoms with Crippen molar-refractivity contribution in [3.63, 3.8) is 0 Å². The number of hydrogen-bond acceptors (Lipinski definition) is 10. The summed E-state index contributed by atoms with van der Waals surface area (Å²) in [5.41, 5.74) is 3.82. The van der Waals surface area contributed by atoms with Gasteiger partial charge in [0.15, 0.2) is 63.1 Å². The second-order valence-electron chi connectivity index (χ2n) is 15.3. The minimum Gasteiger partial charge on any atom is -0.504 e. The highest BCUT2D eigenvalue weighted by molar-refractivity contribution is 6.20. The molecule has 0 spiro atoms. The van der Waals surface area contributed by atoms with Gasteiger partial charge in [-0.05, 0) is 30.3 Å². The number of para-hydroxylation sites is 3. The maximum absolute atomic E-state index is 12.3. The fourth-order valence-corrected chi connectivity index (χ4v) is 9.08. The lowest BCUT2D eigenvalue weighted by molar-refractivity contribution is 0.398. The zero-order valence-corrected chi connectivity index (χ0v) is 32.8. The van der Waals surface area contributed by atoms with E-state index >= 15 is 0 Å². The second kappa shape index (κ2) is 13.2. The maximum atomic E-state index is 12.3. The first-order chi connectivity index (χ1) is 30.8. The molecule has 0 aliphatic carbocycles. The first-order valence-electron chi connectivity index (χ1n) is 20.0. The zero-order chi connectivity index (χ0) is 42.7. The molecule has 6 N–H and O–H groups in total. The van der Waals surface area contributed by atoms with Gasteiger partial charge in [0.1, 0.15) is 11.3 Å². The Kier molecular flexibility index (Phi) is 7.54. The predicted octanol–water partition coefficient (Wildman–Crippen LogP) is 11.2. The van der Waals surface area contributed by atoms with Crippen LogP contribution in [0.4, 0.5) is 0 Å². The molecule has 8 aromatic carbocycles. The average Bonchev–Trinajstić information content (AvgIpc) is 4.00. The molecule has 0 aliphatic heterocycles. The van der Waals surface area contributed by atoms with Gasteiger partial charge in [0.2, 0.25) is 0 Å². The molecule has 0 aliphatic rings. The standard InChI is InChI=1S/C51H31N5O7/c57-41-37-38-42(58)45(61)40(56-33-23-12-9-20-30(33)36-34(24-13-25-35(36)56)55-31-21-10-7-18-28(31)29-19-8-11-22-32(29)55)46(62)48(38)63-47(37)44(60)39(43(41)59)51-53-49(26-14-3-1-4-15-26)52-50(54-51)27-16-5-2-6-17-27/h1-25,57-62H. The maximum Gasteiger partial charge on any atom is 0.187 e. The van der Waals surface area contributed by atoms with E-state index in [1.54, 1.807) is 28.8 Å². The zero-order valence-electron chi connectivity index (χ0n) is 32.8. The van der Waals surface area contributed by atoms with Gasteiger partial charge in [-0.2, -0.15) is 0 Å². The van der Waals surface area contributed by atoms with Crippen molar-refractivity contribution >= 4 is 65.6 Å². The summed E-state index contributed by atoms with van der Waals surface area (Å²) < 4.78 is 10.0. The number of phenols is 6. The van der Waals surface area contributed by atoms with Gasteiger partial charge in [0.25, 0.3) is 0 Å². The van der Waals surface area contributed by atoms with E-state index in [1.807, 2.05) is 103 Å². The Bertz CT molecular complexity index is 3760. The molecule has 0 amide bonds. The van der Waals surface area contributed by atoms with Gasteiger partial charge < -0.3 is 44.2 Å². The molecule has 302 valence electrons. The first kappa shape index (κ1) is 35.9. The first-order valence-corrected chi connectivity index (χ1v) is 20.0. The summed E-state index contributed by atoms with van der Waals surface area (Å²) in [5.74, 6) is -4.25. The van der Waals surface area contributed by atoms with Crippen LogP contribution < -0.4 is 0 Å². The molecule has 63 heavy (non-hydrogen) atoms. The molecule has 0 saturated heterocycles. The van der Waals surface area contributed by atoms with Crippen molar-refractivity contribution in [3.05, 3.63) is 152 Å². The van der Waals surface area contributed by atoms with Crippen LogP contribution in [-0.4, -0.2) is 54.7 Å². The topological polar surface area (TPSA) is 183 Å². The number of benzene rings is 8. The lowest BCUT2D eigenvalue weighted by atomic mass is 10.0. The van der Waals surface area contributed by atoms with Gasteiger partial charge in [0.05, 0.1) is 38.5 Å². The summed E-state index contributed by atoms with van der Waals surface area (Å²) >= 11 is 0. The fraction of sp³-hybridized carbons (Fsp3) is 0. The van der Waals surface area contributed by atoms with Gasteiger partial charge in [0, 0.05) is 32.7 Å². The van der Waals surface area contributed by atoms with E-state index in [0.717, 1.165) is 38.3 Å². The minimum atomic E-state index is -0.839. The highest BCUT2D eigenvalue weighted by Crippen LogP contribution is 2.58. The lowest BCUT2D eigenvalue weighted by Gasteiger charge is -2.15. The SMILES string of the molecule is Oc1c(-c2nc(-c3ccccc3)nc(-c3ccccc3)n2)c(O)c2oc3c(O)c(-n4c5ccccc5c5c(-n6c7ccccc7c7ccccc76)cccc54)c(O)c(O)c3c2c1O. The number of nitrogens with zero attached hydrogens (tertiary/aromatic N) is 5.